The van der Waals surface area contributed by atoms with Crippen molar-refractivity contribution in [1.29, 1.82) is 0 Å². The topological polar surface area (TPSA) is 68.3 Å². The summed E-state index contributed by atoms with van der Waals surface area (Å²) in [5.41, 5.74) is 3.48. The van der Waals surface area contributed by atoms with Gasteiger partial charge >= 0.3 is 5.97 Å². The van der Waals surface area contributed by atoms with E-state index in [0.717, 1.165) is 16.8 Å². The molecule has 6 heteroatoms. The Morgan fingerprint density at radius 2 is 1.77 bits per heavy atom. The molecule has 5 nitrogen and oxygen atoms in total. The molecule has 26 heavy (non-hydrogen) atoms. The second-order valence-electron chi connectivity index (χ2n) is 5.90. The van der Waals surface area contributed by atoms with Crippen molar-refractivity contribution < 1.29 is 14.3 Å². The van der Waals surface area contributed by atoms with Crippen LogP contribution in [0.2, 0.25) is 5.15 Å². The number of fused-ring (bicyclic) bond motifs is 1. The maximum absolute atomic E-state index is 12.4. The van der Waals surface area contributed by atoms with E-state index in [2.05, 4.69) is 10.3 Å². The molecule has 0 fully saturated rings. The highest BCUT2D eigenvalue weighted by Gasteiger charge is 2.16. The Hall–Kier alpha value is -2.92. The van der Waals surface area contributed by atoms with E-state index in [-0.39, 0.29) is 17.3 Å². The van der Waals surface area contributed by atoms with Gasteiger partial charge in [0, 0.05) is 11.1 Å². The molecule has 0 aliphatic heterocycles. The first-order chi connectivity index (χ1) is 12.5. The van der Waals surface area contributed by atoms with Crippen molar-refractivity contribution in [3.05, 3.63) is 70.4 Å². The summed E-state index contributed by atoms with van der Waals surface area (Å²) in [6.07, 6.45) is 0. The van der Waals surface area contributed by atoms with E-state index in [9.17, 15) is 9.59 Å². The lowest BCUT2D eigenvalue weighted by molar-refractivity contribution is -0.119. The third kappa shape index (κ3) is 3.83. The van der Waals surface area contributed by atoms with Crippen LogP contribution >= 0.6 is 11.6 Å². The first-order valence-corrected chi connectivity index (χ1v) is 8.42. The third-order valence-corrected chi connectivity index (χ3v) is 4.18. The number of pyridine rings is 1. The normalized spacial score (nSPS) is 10.6. The SMILES string of the molecule is Cc1cccc(C)c1NC(=O)COC(=O)c1cc(Cl)nc2ccccc12. The van der Waals surface area contributed by atoms with Crippen molar-refractivity contribution in [1.82, 2.24) is 4.98 Å². The van der Waals surface area contributed by atoms with Gasteiger partial charge in [-0.15, -0.1) is 0 Å². The van der Waals surface area contributed by atoms with Crippen LogP contribution in [-0.2, 0) is 9.53 Å². The number of anilines is 1. The minimum absolute atomic E-state index is 0.190. The molecule has 1 aromatic heterocycles. The first kappa shape index (κ1) is 17.9. The van der Waals surface area contributed by atoms with Crippen LogP contribution in [-0.4, -0.2) is 23.5 Å². The first-order valence-electron chi connectivity index (χ1n) is 8.04. The average Bonchev–Trinajstić information content (AvgIpc) is 2.62. The molecule has 1 N–H and O–H groups in total. The molecule has 0 aliphatic carbocycles. The number of aromatic nitrogens is 1. The van der Waals surface area contributed by atoms with E-state index in [1.54, 1.807) is 24.3 Å². The van der Waals surface area contributed by atoms with Crippen molar-refractivity contribution in [2.75, 3.05) is 11.9 Å². The number of hydrogen-bond acceptors (Lipinski definition) is 4. The van der Waals surface area contributed by atoms with Gasteiger partial charge in [0.05, 0.1) is 11.1 Å². The molecule has 3 aromatic rings. The van der Waals surface area contributed by atoms with Crippen LogP contribution in [0.15, 0.2) is 48.5 Å². The van der Waals surface area contributed by atoms with Crippen LogP contribution in [0.5, 0.6) is 0 Å². The number of nitrogens with one attached hydrogen (secondary N) is 1. The lowest BCUT2D eigenvalue weighted by Gasteiger charge is -2.12. The van der Waals surface area contributed by atoms with Crippen LogP contribution < -0.4 is 5.32 Å². The Kier molecular flexibility index (Phi) is 5.19. The van der Waals surface area contributed by atoms with Gasteiger partial charge in [-0.25, -0.2) is 9.78 Å². The van der Waals surface area contributed by atoms with Crippen LogP contribution in [0.3, 0.4) is 0 Å². The van der Waals surface area contributed by atoms with E-state index >= 15 is 0 Å². The Morgan fingerprint density at radius 1 is 1.08 bits per heavy atom. The number of hydrogen-bond donors (Lipinski definition) is 1. The second-order valence-corrected chi connectivity index (χ2v) is 6.29. The van der Waals surface area contributed by atoms with Gasteiger partial charge in [-0.1, -0.05) is 48.0 Å². The number of nitrogens with zero attached hydrogens (tertiary/aromatic N) is 1. The number of rotatable bonds is 4. The van der Waals surface area contributed by atoms with Crippen molar-refractivity contribution in [3.8, 4) is 0 Å². The number of carbonyl (C=O) groups is 2. The lowest BCUT2D eigenvalue weighted by Crippen LogP contribution is -2.22. The molecular formula is C20H17ClN2O3. The Bertz CT molecular complexity index is 981. The van der Waals surface area contributed by atoms with Crippen LogP contribution in [0.4, 0.5) is 5.69 Å². The smallest absolute Gasteiger partial charge is 0.339 e. The zero-order chi connectivity index (χ0) is 18.7. The fourth-order valence-electron chi connectivity index (χ4n) is 2.71. The Morgan fingerprint density at radius 3 is 2.50 bits per heavy atom. The zero-order valence-corrected chi connectivity index (χ0v) is 15.1. The number of halogens is 1. The van der Waals surface area contributed by atoms with Gasteiger partial charge in [-0.05, 0) is 37.1 Å². The summed E-state index contributed by atoms with van der Waals surface area (Å²) in [6.45, 7) is 3.42. The van der Waals surface area contributed by atoms with Crippen LogP contribution in [0.1, 0.15) is 21.5 Å². The minimum atomic E-state index is -0.623. The Balaban J connectivity index is 1.72. The summed E-state index contributed by atoms with van der Waals surface area (Å²) in [7, 11) is 0. The fraction of sp³-hybridized carbons (Fsp3) is 0.150. The third-order valence-electron chi connectivity index (χ3n) is 3.98. The summed E-state index contributed by atoms with van der Waals surface area (Å²) in [5, 5.41) is 3.59. The molecule has 132 valence electrons. The highest BCUT2D eigenvalue weighted by Crippen LogP contribution is 2.22. The minimum Gasteiger partial charge on any atom is -0.452 e. The molecule has 1 amide bonds. The van der Waals surface area contributed by atoms with Crippen molar-refractivity contribution in [2.45, 2.75) is 13.8 Å². The summed E-state index contributed by atoms with van der Waals surface area (Å²) in [5.74, 6) is -1.03. The van der Waals surface area contributed by atoms with E-state index in [1.807, 2.05) is 32.0 Å². The van der Waals surface area contributed by atoms with Gasteiger partial charge in [-0.3, -0.25) is 4.79 Å². The maximum Gasteiger partial charge on any atom is 0.339 e. The van der Waals surface area contributed by atoms with E-state index in [1.165, 1.54) is 6.07 Å². The molecule has 0 unspecified atom stereocenters. The molecule has 0 saturated heterocycles. The predicted molar refractivity (Wildman–Crippen MR) is 102 cm³/mol. The molecular weight excluding hydrogens is 352 g/mol. The van der Waals surface area contributed by atoms with Crippen LogP contribution in [0, 0.1) is 13.8 Å². The summed E-state index contributed by atoms with van der Waals surface area (Å²) < 4.78 is 5.17. The van der Waals surface area contributed by atoms with Crippen molar-refractivity contribution in [3.63, 3.8) is 0 Å². The number of para-hydroxylation sites is 2. The number of aryl methyl sites for hydroxylation is 2. The lowest BCUT2D eigenvalue weighted by atomic mass is 10.1. The summed E-state index contributed by atoms with van der Waals surface area (Å²) in [4.78, 5) is 28.7. The fourth-order valence-corrected chi connectivity index (χ4v) is 2.91. The molecule has 0 aliphatic rings. The number of benzene rings is 2. The predicted octanol–water partition coefficient (Wildman–Crippen LogP) is 4.30. The number of carbonyl (C=O) groups excluding carboxylic acids is 2. The van der Waals surface area contributed by atoms with Crippen LogP contribution in [0.25, 0.3) is 10.9 Å². The highest BCUT2D eigenvalue weighted by molar-refractivity contribution is 6.30. The van der Waals surface area contributed by atoms with Gasteiger partial charge in [0.25, 0.3) is 5.91 Å². The molecule has 1 heterocycles. The Labute approximate surface area is 156 Å². The molecule has 2 aromatic carbocycles. The molecule has 0 bridgehead atoms. The van der Waals surface area contributed by atoms with Crippen molar-refractivity contribution >= 4 is 40.1 Å². The largest absolute Gasteiger partial charge is 0.452 e. The van der Waals surface area contributed by atoms with Gasteiger partial charge in [0.15, 0.2) is 6.61 Å². The molecule has 0 atom stereocenters. The number of amides is 1. The number of ether oxygens (including phenoxy) is 1. The molecule has 3 rings (SSSR count). The van der Waals surface area contributed by atoms with Gasteiger partial charge in [0.2, 0.25) is 0 Å². The molecule has 0 saturated carbocycles. The van der Waals surface area contributed by atoms with Gasteiger partial charge in [-0.2, -0.15) is 0 Å². The van der Waals surface area contributed by atoms with Crippen molar-refractivity contribution in [2.24, 2.45) is 0 Å². The van der Waals surface area contributed by atoms with E-state index < -0.39 is 11.9 Å². The highest BCUT2D eigenvalue weighted by atomic mass is 35.5. The van der Waals surface area contributed by atoms with E-state index in [4.69, 9.17) is 16.3 Å². The number of esters is 1. The van der Waals surface area contributed by atoms with Gasteiger partial charge < -0.3 is 10.1 Å². The summed E-state index contributed by atoms with van der Waals surface area (Å²) >= 11 is 5.97. The second kappa shape index (κ2) is 7.54. The van der Waals surface area contributed by atoms with Gasteiger partial charge in [0.1, 0.15) is 5.15 Å². The average molecular weight is 369 g/mol. The monoisotopic (exact) mass is 368 g/mol. The quantitative estimate of drug-likeness (QED) is 0.550. The molecule has 0 spiro atoms. The zero-order valence-electron chi connectivity index (χ0n) is 14.4. The maximum atomic E-state index is 12.4. The molecule has 0 radical (unpaired) electrons. The van der Waals surface area contributed by atoms with E-state index in [0.29, 0.717) is 10.9 Å². The standard InChI is InChI=1S/C20H17ClN2O3/c1-12-6-5-7-13(2)19(12)23-18(24)11-26-20(25)15-10-17(21)22-16-9-4-3-8-14(15)16/h3-10H,11H2,1-2H3,(H,23,24). The summed E-state index contributed by atoms with van der Waals surface area (Å²) in [6, 6.07) is 14.3.